The Morgan fingerprint density at radius 1 is 1.17 bits per heavy atom. The number of nitrogens with one attached hydrogen (secondary N) is 1. The molecule has 1 N–H and O–H groups in total. The fourth-order valence-electron chi connectivity index (χ4n) is 3.87. The summed E-state index contributed by atoms with van der Waals surface area (Å²) in [6.45, 7) is 9.25. The summed E-state index contributed by atoms with van der Waals surface area (Å²) in [5.74, 6) is 2.61. The lowest BCUT2D eigenvalue weighted by Gasteiger charge is -2.35. The van der Waals surface area contributed by atoms with Gasteiger partial charge in [-0.25, -0.2) is 8.42 Å². The summed E-state index contributed by atoms with van der Waals surface area (Å²) in [4.78, 5) is 7.71. The average molecular weight is 439 g/mol. The van der Waals surface area contributed by atoms with Gasteiger partial charge in [0.15, 0.2) is 5.96 Å². The molecule has 2 fully saturated rings. The Morgan fingerprint density at radius 3 is 2.55 bits per heavy atom. The first-order valence-electron chi connectivity index (χ1n) is 10.7. The molecule has 0 spiro atoms. The summed E-state index contributed by atoms with van der Waals surface area (Å²) in [7, 11) is -3.38. The maximum atomic E-state index is 12.8. The monoisotopic (exact) mass is 438 g/mol. The van der Waals surface area contributed by atoms with Gasteiger partial charge in [0.25, 0.3) is 0 Å². The van der Waals surface area contributed by atoms with Gasteiger partial charge < -0.3 is 10.2 Å². The van der Waals surface area contributed by atoms with Crippen molar-refractivity contribution in [3.63, 3.8) is 0 Å². The molecule has 2 heterocycles. The van der Waals surface area contributed by atoms with E-state index in [0.29, 0.717) is 29.2 Å². The Hall–Kier alpha value is -1.25. The average Bonchev–Trinajstić information content (AvgIpc) is 2.77. The quantitative estimate of drug-likeness (QED) is 0.547. The molecule has 1 aromatic rings. The van der Waals surface area contributed by atoms with Crippen LogP contribution >= 0.6 is 11.8 Å². The van der Waals surface area contributed by atoms with E-state index in [1.807, 2.05) is 6.07 Å². The third kappa shape index (κ3) is 5.89. The molecule has 1 atom stereocenters. The maximum Gasteiger partial charge on any atom is 0.243 e. The molecule has 3 rings (SSSR count). The Balaban J connectivity index is 1.56. The molecule has 162 valence electrons. The normalized spacial score (nSPS) is 22.6. The lowest BCUT2D eigenvalue weighted by atomic mass is 9.98. The van der Waals surface area contributed by atoms with Crippen LogP contribution in [0.5, 0.6) is 0 Å². The number of thioether (sulfide) groups is 1. The van der Waals surface area contributed by atoms with Crippen LogP contribution in [0.2, 0.25) is 0 Å². The van der Waals surface area contributed by atoms with Crippen molar-refractivity contribution in [1.29, 1.82) is 0 Å². The third-order valence-electron chi connectivity index (χ3n) is 5.68. The molecule has 2 aliphatic heterocycles. The molecule has 0 saturated carbocycles. The molecule has 0 aliphatic carbocycles. The zero-order chi connectivity index (χ0) is 20.7. The Labute approximate surface area is 180 Å². The molecule has 0 aromatic heterocycles. The van der Waals surface area contributed by atoms with Crippen LogP contribution in [0, 0.1) is 5.92 Å². The molecule has 2 saturated heterocycles. The van der Waals surface area contributed by atoms with Crippen molar-refractivity contribution >= 4 is 27.7 Å². The van der Waals surface area contributed by atoms with E-state index in [-0.39, 0.29) is 0 Å². The van der Waals surface area contributed by atoms with Crippen molar-refractivity contribution in [2.45, 2.75) is 43.3 Å². The number of nitrogens with zero attached hydrogens (tertiary/aromatic N) is 3. The van der Waals surface area contributed by atoms with Crippen LogP contribution in [0.3, 0.4) is 0 Å². The lowest BCUT2D eigenvalue weighted by Crippen LogP contribution is -2.48. The van der Waals surface area contributed by atoms with Gasteiger partial charge in [-0.15, -0.1) is 0 Å². The fourth-order valence-corrected chi connectivity index (χ4v) is 6.54. The van der Waals surface area contributed by atoms with Crippen molar-refractivity contribution < 1.29 is 8.42 Å². The van der Waals surface area contributed by atoms with E-state index in [4.69, 9.17) is 4.99 Å². The van der Waals surface area contributed by atoms with Crippen LogP contribution < -0.4 is 5.32 Å². The highest BCUT2D eigenvalue weighted by Crippen LogP contribution is 2.24. The van der Waals surface area contributed by atoms with Crippen LogP contribution in [0.1, 0.15) is 33.1 Å². The molecule has 6 nitrogen and oxygen atoms in total. The summed E-state index contributed by atoms with van der Waals surface area (Å²) in [6, 6.07) is 8.75. The van der Waals surface area contributed by atoms with Gasteiger partial charge in [-0.1, -0.05) is 25.1 Å². The number of rotatable bonds is 6. The van der Waals surface area contributed by atoms with Crippen molar-refractivity contribution in [2.75, 3.05) is 45.0 Å². The van der Waals surface area contributed by atoms with Gasteiger partial charge in [0.05, 0.1) is 4.90 Å². The van der Waals surface area contributed by atoms with E-state index >= 15 is 0 Å². The third-order valence-corrected chi connectivity index (χ3v) is 8.97. The number of benzene rings is 1. The maximum absolute atomic E-state index is 12.8. The number of piperidine rings is 1. The van der Waals surface area contributed by atoms with Crippen molar-refractivity contribution in [2.24, 2.45) is 10.9 Å². The Kier molecular flexibility index (Phi) is 8.26. The SMILES string of the molecule is CCNC(=NCC1CCN(S(=O)(=O)c2ccccc2)CC1)N1CCSC(CC)C1. The summed E-state index contributed by atoms with van der Waals surface area (Å²) in [6.07, 6.45) is 2.92. The smallest absolute Gasteiger partial charge is 0.243 e. The summed E-state index contributed by atoms with van der Waals surface area (Å²) < 4.78 is 27.2. The Morgan fingerprint density at radius 2 is 1.90 bits per heavy atom. The van der Waals surface area contributed by atoms with Gasteiger partial charge in [-0.3, -0.25) is 4.99 Å². The molecule has 1 unspecified atom stereocenters. The summed E-state index contributed by atoms with van der Waals surface area (Å²) in [5.41, 5.74) is 0. The van der Waals surface area contributed by atoms with Crippen LogP contribution in [-0.4, -0.2) is 73.9 Å². The van der Waals surface area contributed by atoms with Crippen molar-refractivity contribution in [3.05, 3.63) is 30.3 Å². The molecule has 1 aromatic carbocycles. The van der Waals surface area contributed by atoms with Crippen molar-refractivity contribution in [3.8, 4) is 0 Å². The molecule has 29 heavy (non-hydrogen) atoms. The van der Waals surface area contributed by atoms with Gasteiger partial charge in [0.1, 0.15) is 0 Å². The highest BCUT2D eigenvalue weighted by atomic mass is 32.2. The van der Waals surface area contributed by atoms with E-state index in [1.165, 1.54) is 6.42 Å². The predicted molar refractivity (Wildman–Crippen MR) is 122 cm³/mol. The second-order valence-electron chi connectivity index (χ2n) is 7.70. The number of guanidine groups is 1. The fraction of sp³-hybridized carbons (Fsp3) is 0.667. The van der Waals surface area contributed by atoms with Crippen LogP contribution in [-0.2, 0) is 10.0 Å². The minimum Gasteiger partial charge on any atom is -0.357 e. The number of aliphatic imine (C=N–C) groups is 1. The largest absolute Gasteiger partial charge is 0.357 e. The molecule has 2 aliphatic rings. The molecule has 0 radical (unpaired) electrons. The van der Waals surface area contributed by atoms with Gasteiger partial charge in [-0.05, 0) is 44.2 Å². The second-order valence-corrected chi connectivity index (χ2v) is 11.0. The molecule has 0 amide bonds. The standard InChI is InChI=1S/C21H34N4O2S2/c1-3-19-17-24(14-15-28-19)21(22-4-2)23-16-18-10-12-25(13-11-18)29(26,27)20-8-6-5-7-9-20/h5-9,18-19H,3-4,10-17H2,1-2H3,(H,22,23). The molecule has 0 bridgehead atoms. The van der Waals surface area contributed by atoms with E-state index < -0.39 is 10.0 Å². The first-order valence-corrected chi connectivity index (χ1v) is 13.2. The van der Waals surface area contributed by atoms with Gasteiger partial charge >= 0.3 is 0 Å². The van der Waals surface area contributed by atoms with Crippen LogP contribution in [0.15, 0.2) is 40.2 Å². The topological polar surface area (TPSA) is 65.0 Å². The molecular weight excluding hydrogens is 404 g/mol. The first kappa shape index (κ1) is 22.4. The number of hydrogen-bond donors (Lipinski definition) is 1. The highest BCUT2D eigenvalue weighted by Gasteiger charge is 2.29. The number of sulfonamides is 1. The number of hydrogen-bond acceptors (Lipinski definition) is 4. The minimum absolute atomic E-state index is 0.388. The zero-order valence-corrected chi connectivity index (χ0v) is 19.2. The highest BCUT2D eigenvalue weighted by molar-refractivity contribution is 8.00. The van der Waals surface area contributed by atoms with Gasteiger partial charge in [0.2, 0.25) is 10.0 Å². The van der Waals surface area contributed by atoms with Crippen molar-refractivity contribution in [1.82, 2.24) is 14.5 Å². The second kappa shape index (κ2) is 10.7. The van der Waals surface area contributed by atoms with Crippen LogP contribution in [0.4, 0.5) is 0 Å². The van der Waals surface area contributed by atoms with Crippen LogP contribution in [0.25, 0.3) is 0 Å². The lowest BCUT2D eigenvalue weighted by molar-refractivity contribution is 0.277. The van der Waals surface area contributed by atoms with Gasteiger partial charge in [-0.2, -0.15) is 16.1 Å². The first-order chi connectivity index (χ1) is 14.0. The van der Waals surface area contributed by atoms with E-state index in [2.05, 4.69) is 35.8 Å². The van der Waals surface area contributed by atoms with Gasteiger partial charge in [0, 0.05) is 50.3 Å². The van der Waals surface area contributed by atoms with E-state index in [9.17, 15) is 8.42 Å². The predicted octanol–water partition coefficient (Wildman–Crippen LogP) is 2.88. The minimum atomic E-state index is -3.38. The van der Waals surface area contributed by atoms with E-state index in [1.54, 1.807) is 28.6 Å². The summed E-state index contributed by atoms with van der Waals surface area (Å²) in [5, 5.41) is 4.13. The van der Waals surface area contributed by atoms with E-state index in [0.717, 1.165) is 50.7 Å². The molecule has 8 heteroatoms. The zero-order valence-electron chi connectivity index (χ0n) is 17.6. The molecular formula is C21H34N4O2S2. The summed E-state index contributed by atoms with van der Waals surface area (Å²) >= 11 is 2.06. The Bertz CT molecular complexity index is 762.